The molecule has 6 heteroatoms. The molecule has 27 heavy (non-hydrogen) atoms. The summed E-state index contributed by atoms with van der Waals surface area (Å²) < 4.78 is 5.30. The Balaban J connectivity index is 1.78. The Hall–Kier alpha value is -3.15. The number of aryl methyl sites for hydroxylation is 2. The van der Waals surface area contributed by atoms with Gasteiger partial charge in [-0.1, -0.05) is 30.3 Å². The quantitative estimate of drug-likeness (QED) is 0.885. The van der Waals surface area contributed by atoms with E-state index in [1.54, 1.807) is 7.11 Å². The topological polar surface area (TPSA) is 71.0 Å². The first kappa shape index (κ1) is 18.6. The molecule has 140 valence electrons. The lowest BCUT2D eigenvalue weighted by molar-refractivity contribution is -0.119. The van der Waals surface area contributed by atoms with Crippen LogP contribution in [0.2, 0.25) is 0 Å². The average molecular weight is 365 g/mol. The van der Waals surface area contributed by atoms with E-state index in [2.05, 4.69) is 10.4 Å². The zero-order valence-electron chi connectivity index (χ0n) is 15.8. The highest BCUT2D eigenvalue weighted by atomic mass is 16.5. The van der Waals surface area contributed by atoms with E-state index in [0.717, 1.165) is 28.1 Å². The van der Waals surface area contributed by atoms with Gasteiger partial charge >= 0.3 is 0 Å². The summed E-state index contributed by atoms with van der Waals surface area (Å²) >= 11 is 0. The van der Waals surface area contributed by atoms with Crippen LogP contribution in [-0.4, -0.2) is 24.6 Å². The van der Waals surface area contributed by atoms with Gasteiger partial charge < -0.3 is 10.1 Å². The number of rotatable bonds is 5. The van der Waals surface area contributed by atoms with Crippen LogP contribution in [0.3, 0.4) is 0 Å². The standard InChI is InChI=1S/C21H23N3O3/c1-14-8-9-15(2)18(12-14)24-20(25)11-10-17(23-24)21(26)22-13-16-6-4-5-7-19(16)27-3/h4-9,12H,10-11,13H2,1-3H3,(H,22,26). The Morgan fingerprint density at radius 1 is 1.19 bits per heavy atom. The number of nitrogens with zero attached hydrogens (tertiary/aromatic N) is 2. The number of benzene rings is 2. The van der Waals surface area contributed by atoms with E-state index in [-0.39, 0.29) is 18.2 Å². The van der Waals surface area contributed by atoms with Crippen molar-refractivity contribution in [3.05, 3.63) is 59.2 Å². The minimum Gasteiger partial charge on any atom is -0.496 e. The molecule has 0 saturated heterocycles. The van der Waals surface area contributed by atoms with Gasteiger partial charge in [0.1, 0.15) is 11.5 Å². The number of para-hydroxylation sites is 1. The van der Waals surface area contributed by atoms with Crippen LogP contribution in [0, 0.1) is 13.8 Å². The van der Waals surface area contributed by atoms with Crippen LogP contribution in [-0.2, 0) is 16.1 Å². The maximum absolute atomic E-state index is 12.6. The van der Waals surface area contributed by atoms with Crippen molar-refractivity contribution in [3.63, 3.8) is 0 Å². The lowest BCUT2D eigenvalue weighted by atomic mass is 10.1. The van der Waals surface area contributed by atoms with Crippen molar-refractivity contribution in [2.24, 2.45) is 5.10 Å². The van der Waals surface area contributed by atoms with Gasteiger partial charge in [0.2, 0.25) is 5.91 Å². The summed E-state index contributed by atoms with van der Waals surface area (Å²) in [5, 5.41) is 8.57. The van der Waals surface area contributed by atoms with Gasteiger partial charge in [0.25, 0.3) is 5.91 Å². The van der Waals surface area contributed by atoms with Crippen LogP contribution in [0.15, 0.2) is 47.6 Å². The van der Waals surface area contributed by atoms with Crippen LogP contribution in [0.5, 0.6) is 5.75 Å². The van der Waals surface area contributed by atoms with E-state index < -0.39 is 0 Å². The molecular weight excluding hydrogens is 342 g/mol. The van der Waals surface area contributed by atoms with Gasteiger partial charge in [-0.2, -0.15) is 5.10 Å². The number of amides is 2. The number of carbonyl (C=O) groups is 2. The lowest BCUT2D eigenvalue weighted by Gasteiger charge is -2.25. The smallest absolute Gasteiger partial charge is 0.267 e. The van der Waals surface area contributed by atoms with E-state index in [0.29, 0.717) is 18.7 Å². The Kier molecular flexibility index (Phi) is 5.54. The van der Waals surface area contributed by atoms with E-state index in [1.165, 1.54) is 5.01 Å². The zero-order valence-corrected chi connectivity index (χ0v) is 15.8. The van der Waals surface area contributed by atoms with Gasteiger partial charge in [0, 0.05) is 24.9 Å². The number of hydrazone groups is 1. The second-order valence-electron chi connectivity index (χ2n) is 6.54. The zero-order chi connectivity index (χ0) is 19.4. The Labute approximate surface area is 158 Å². The fraction of sp³-hybridized carbons (Fsp3) is 0.286. The van der Waals surface area contributed by atoms with Crippen molar-refractivity contribution in [2.45, 2.75) is 33.2 Å². The summed E-state index contributed by atoms with van der Waals surface area (Å²) in [5.41, 5.74) is 3.92. The van der Waals surface area contributed by atoms with E-state index in [9.17, 15) is 9.59 Å². The van der Waals surface area contributed by atoms with Gasteiger partial charge in [-0.15, -0.1) is 0 Å². The highest BCUT2D eigenvalue weighted by Gasteiger charge is 2.26. The first-order valence-electron chi connectivity index (χ1n) is 8.87. The number of methoxy groups -OCH3 is 1. The predicted octanol–water partition coefficient (Wildman–Crippen LogP) is 3.11. The summed E-state index contributed by atoms with van der Waals surface area (Å²) in [6.07, 6.45) is 0.590. The molecule has 0 unspecified atom stereocenters. The maximum Gasteiger partial charge on any atom is 0.267 e. The summed E-state index contributed by atoms with van der Waals surface area (Å²) in [4.78, 5) is 24.9. The van der Waals surface area contributed by atoms with Crippen LogP contribution < -0.4 is 15.1 Å². The molecule has 3 rings (SSSR count). The molecule has 1 heterocycles. The SMILES string of the molecule is COc1ccccc1CNC(=O)C1=NN(c2cc(C)ccc2C)C(=O)CC1. The van der Waals surface area contributed by atoms with Crippen LogP contribution >= 0.6 is 0 Å². The van der Waals surface area contributed by atoms with Crippen molar-refractivity contribution in [1.29, 1.82) is 0 Å². The molecule has 2 amide bonds. The Bertz CT molecular complexity index is 905. The molecule has 1 N–H and O–H groups in total. The van der Waals surface area contributed by atoms with E-state index in [1.807, 2.05) is 56.3 Å². The molecule has 1 aliphatic heterocycles. The van der Waals surface area contributed by atoms with Crippen LogP contribution in [0.1, 0.15) is 29.5 Å². The fourth-order valence-electron chi connectivity index (χ4n) is 2.98. The normalized spacial score (nSPS) is 14.0. The van der Waals surface area contributed by atoms with Crippen molar-refractivity contribution >= 4 is 23.2 Å². The van der Waals surface area contributed by atoms with Crippen molar-refractivity contribution < 1.29 is 14.3 Å². The first-order chi connectivity index (χ1) is 13.0. The van der Waals surface area contributed by atoms with Gasteiger partial charge in [-0.3, -0.25) is 9.59 Å². The molecule has 0 saturated carbocycles. The van der Waals surface area contributed by atoms with Gasteiger partial charge in [-0.05, 0) is 37.1 Å². The molecule has 0 radical (unpaired) electrons. The van der Waals surface area contributed by atoms with E-state index in [4.69, 9.17) is 4.74 Å². The molecule has 2 aromatic carbocycles. The lowest BCUT2D eigenvalue weighted by Crippen LogP contribution is -2.39. The molecule has 0 fully saturated rings. The number of hydrogen-bond donors (Lipinski definition) is 1. The second kappa shape index (κ2) is 8.03. The molecule has 0 aromatic heterocycles. The number of anilines is 1. The van der Waals surface area contributed by atoms with Crippen LogP contribution in [0.25, 0.3) is 0 Å². The second-order valence-corrected chi connectivity index (χ2v) is 6.54. The molecule has 0 aliphatic carbocycles. The maximum atomic E-state index is 12.6. The summed E-state index contributed by atoms with van der Waals surface area (Å²) in [6.45, 7) is 4.22. The molecule has 1 aliphatic rings. The molecule has 2 aromatic rings. The third-order valence-electron chi connectivity index (χ3n) is 4.52. The minimum absolute atomic E-state index is 0.107. The molecule has 0 bridgehead atoms. The highest BCUT2D eigenvalue weighted by Crippen LogP contribution is 2.25. The van der Waals surface area contributed by atoms with Gasteiger partial charge in [-0.25, -0.2) is 5.01 Å². The molecule has 0 spiro atoms. The van der Waals surface area contributed by atoms with Crippen molar-refractivity contribution in [2.75, 3.05) is 12.1 Å². The number of ether oxygens (including phenoxy) is 1. The van der Waals surface area contributed by atoms with Crippen LogP contribution in [0.4, 0.5) is 5.69 Å². The number of hydrogen-bond acceptors (Lipinski definition) is 4. The predicted molar refractivity (Wildman–Crippen MR) is 105 cm³/mol. The first-order valence-corrected chi connectivity index (χ1v) is 8.87. The van der Waals surface area contributed by atoms with E-state index >= 15 is 0 Å². The van der Waals surface area contributed by atoms with Crippen molar-refractivity contribution in [3.8, 4) is 5.75 Å². The summed E-state index contributed by atoms with van der Waals surface area (Å²) in [5.74, 6) is 0.337. The third kappa shape index (κ3) is 4.16. The Morgan fingerprint density at radius 2 is 1.96 bits per heavy atom. The summed E-state index contributed by atoms with van der Waals surface area (Å²) in [7, 11) is 1.60. The Morgan fingerprint density at radius 3 is 2.74 bits per heavy atom. The monoisotopic (exact) mass is 365 g/mol. The fourth-order valence-corrected chi connectivity index (χ4v) is 2.98. The average Bonchev–Trinajstić information content (AvgIpc) is 2.68. The van der Waals surface area contributed by atoms with Gasteiger partial charge in [0.05, 0.1) is 12.8 Å². The highest BCUT2D eigenvalue weighted by molar-refractivity contribution is 6.40. The number of carbonyl (C=O) groups excluding carboxylic acids is 2. The molecule has 6 nitrogen and oxygen atoms in total. The summed E-state index contributed by atoms with van der Waals surface area (Å²) in [6, 6.07) is 13.4. The molecular formula is C21H23N3O3. The molecule has 0 atom stereocenters. The third-order valence-corrected chi connectivity index (χ3v) is 4.52. The number of nitrogens with one attached hydrogen (secondary N) is 1. The largest absolute Gasteiger partial charge is 0.496 e. The minimum atomic E-state index is -0.274. The van der Waals surface area contributed by atoms with Gasteiger partial charge in [0.15, 0.2) is 0 Å². The van der Waals surface area contributed by atoms with Crippen molar-refractivity contribution in [1.82, 2.24) is 5.32 Å².